The maximum Gasteiger partial charge on any atom is 0.253 e. The van der Waals surface area contributed by atoms with Gasteiger partial charge in [-0.3, -0.25) is 4.79 Å². The number of hydrogen-bond acceptors (Lipinski definition) is 4. The molecule has 1 spiro atoms. The molecule has 0 aliphatic carbocycles. The van der Waals surface area contributed by atoms with Crippen molar-refractivity contribution in [2.24, 2.45) is 0 Å². The van der Waals surface area contributed by atoms with Crippen LogP contribution in [-0.4, -0.2) is 42.9 Å². The van der Waals surface area contributed by atoms with Gasteiger partial charge in [-0.05, 0) is 12.1 Å². The van der Waals surface area contributed by atoms with Crippen molar-refractivity contribution >= 4 is 23.2 Å². The maximum atomic E-state index is 11.9. The quantitative estimate of drug-likeness (QED) is 0.720. The number of hydrogen-bond donors (Lipinski definition) is 0. The van der Waals surface area contributed by atoms with Gasteiger partial charge in [0.15, 0.2) is 0 Å². The second-order valence-electron chi connectivity index (χ2n) is 4.59. The Hall–Kier alpha value is -1.17. The average Bonchev–Trinajstić information content (AvgIpc) is 2.82. The van der Waals surface area contributed by atoms with Crippen molar-refractivity contribution < 1.29 is 14.3 Å². The Morgan fingerprint density at radius 1 is 1.44 bits per heavy atom. The number of carbonyl (C=O) groups excluding carboxylic acids is 1. The number of aromatic nitrogens is 1. The molecule has 2 aliphatic heterocycles. The summed E-state index contributed by atoms with van der Waals surface area (Å²) in [6.07, 6.45) is 2.42. The van der Waals surface area contributed by atoms with Gasteiger partial charge in [-0.25, -0.2) is 4.98 Å². The molecule has 0 bridgehead atoms. The van der Waals surface area contributed by atoms with E-state index in [4.69, 9.17) is 21.1 Å². The molecule has 96 valence electrons. The Bertz CT molecular complexity index is 457. The molecule has 1 aromatic rings. The minimum atomic E-state index is -0.354. The van der Waals surface area contributed by atoms with Crippen LogP contribution in [-0.2, 0) is 14.3 Å². The molecular weight excluding hydrogens is 256 g/mol. The molecular formula is C12H13ClN2O3. The highest BCUT2D eigenvalue weighted by Gasteiger charge is 2.43. The third-order valence-corrected chi connectivity index (χ3v) is 3.56. The molecule has 0 N–H and O–H groups in total. The van der Waals surface area contributed by atoms with E-state index >= 15 is 0 Å². The summed E-state index contributed by atoms with van der Waals surface area (Å²) in [5.74, 6) is -0.0587. The Balaban J connectivity index is 1.85. The highest BCUT2D eigenvalue weighted by Crippen LogP contribution is 2.30. The first kappa shape index (κ1) is 11.9. The van der Waals surface area contributed by atoms with Crippen molar-refractivity contribution in [1.29, 1.82) is 0 Å². The first-order chi connectivity index (χ1) is 8.69. The van der Waals surface area contributed by atoms with Crippen LogP contribution in [0.5, 0.6) is 0 Å². The molecule has 2 fully saturated rings. The SMILES string of the molecule is O=C1COC2(CCOC2)CN1c1ccc(Cl)nc1. The number of amides is 1. The van der Waals surface area contributed by atoms with Crippen molar-refractivity contribution in [3.05, 3.63) is 23.5 Å². The fourth-order valence-corrected chi connectivity index (χ4v) is 2.42. The lowest BCUT2D eigenvalue weighted by atomic mass is 10.0. The summed E-state index contributed by atoms with van der Waals surface area (Å²) < 4.78 is 11.0. The Morgan fingerprint density at radius 3 is 3.00 bits per heavy atom. The van der Waals surface area contributed by atoms with Crippen molar-refractivity contribution in [3.63, 3.8) is 0 Å². The molecule has 2 aliphatic rings. The number of rotatable bonds is 1. The number of anilines is 1. The van der Waals surface area contributed by atoms with Crippen molar-refractivity contribution in [1.82, 2.24) is 4.98 Å². The molecule has 1 atom stereocenters. The van der Waals surface area contributed by atoms with E-state index in [-0.39, 0.29) is 18.1 Å². The van der Waals surface area contributed by atoms with Crippen LogP contribution in [0, 0.1) is 0 Å². The highest BCUT2D eigenvalue weighted by molar-refractivity contribution is 6.29. The summed E-state index contributed by atoms with van der Waals surface area (Å²) in [6, 6.07) is 3.47. The van der Waals surface area contributed by atoms with E-state index in [1.54, 1.807) is 23.2 Å². The molecule has 1 amide bonds. The monoisotopic (exact) mass is 268 g/mol. The Labute approximate surface area is 110 Å². The molecule has 18 heavy (non-hydrogen) atoms. The largest absolute Gasteiger partial charge is 0.378 e. The van der Waals surface area contributed by atoms with Crippen molar-refractivity contribution in [2.75, 3.05) is 31.3 Å². The molecule has 6 heteroatoms. The van der Waals surface area contributed by atoms with Gasteiger partial charge < -0.3 is 14.4 Å². The first-order valence-electron chi connectivity index (χ1n) is 5.82. The highest BCUT2D eigenvalue weighted by atomic mass is 35.5. The van der Waals surface area contributed by atoms with Crippen LogP contribution in [0.1, 0.15) is 6.42 Å². The van der Waals surface area contributed by atoms with Gasteiger partial charge in [0.25, 0.3) is 5.91 Å². The van der Waals surface area contributed by atoms with Crippen LogP contribution < -0.4 is 4.90 Å². The molecule has 1 aromatic heterocycles. The molecule has 0 saturated carbocycles. The predicted molar refractivity (Wildman–Crippen MR) is 65.7 cm³/mol. The van der Waals surface area contributed by atoms with Crippen LogP contribution in [0.4, 0.5) is 5.69 Å². The Morgan fingerprint density at radius 2 is 2.33 bits per heavy atom. The third kappa shape index (κ3) is 2.09. The number of nitrogens with zero attached hydrogens (tertiary/aromatic N) is 2. The van der Waals surface area contributed by atoms with Crippen LogP contribution in [0.15, 0.2) is 18.3 Å². The van der Waals surface area contributed by atoms with E-state index in [9.17, 15) is 4.79 Å². The van der Waals surface area contributed by atoms with E-state index < -0.39 is 0 Å². The second kappa shape index (κ2) is 4.50. The summed E-state index contributed by atoms with van der Waals surface area (Å²) in [6.45, 7) is 1.82. The summed E-state index contributed by atoms with van der Waals surface area (Å²) in [5, 5.41) is 0.415. The summed E-state index contributed by atoms with van der Waals surface area (Å²) in [4.78, 5) is 17.6. The lowest BCUT2D eigenvalue weighted by molar-refractivity contribution is -0.138. The molecule has 3 rings (SSSR count). The van der Waals surface area contributed by atoms with Crippen molar-refractivity contribution in [3.8, 4) is 0 Å². The third-order valence-electron chi connectivity index (χ3n) is 3.34. The summed E-state index contributed by atoms with van der Waals surface area (Å²) in [5.41, 5.74) is 0.395. The summed E-state index contributed by atoms with van der Waals surface area (Å²) in [7, 11) is 0. The predicted octanol–water partition coefficient (Wildman–Crippen LogP) is 1.26. The number of halogens is 1. The molecule has 1 unspecified atom stereocenters. The fraction of sp³-hybridized carbons (Fsp3) is 0.500. The normalized spacial score (nSPS) is 28.1. The zero-order valence-corrected chi connectivity index (χ0v) is 10.5. The van der Waals surface area contributed by atoms with E-state index in [2.05, 4.69) is 4.98 Å². The zero-order valence-electron chi connectivity index (χ0n) is 9.76. The maximum absolute atomic E-state index is 11.9. The number of pyridine rings is 1. The number of morpholine rings is 1. The van der Waals surface area contributed by atoms with Gasteiger partial charge in [0.05, 0.1) is 25.0 Å². The van der Waals surface area contributed by atoms with E-state index in [1.165, 1.54) is 0 Å². The minimum Gasteiger partial charge on any atom is -0.378 e. The second-order valence-corrected chi connectivity index (χ2v) is 4.98. The zero-order chi connectivity index (χ0) is 12.6. The number of ether oxygens (including phenoxy) is 2. The minimum absolute atomic E-state index is 0.0587. The average molecular weight is 269 g/mol. The van der Waals surface area contributed by atoms with Gasteiger partial charge >= 0.3 is 0 Å². The lowest BCUT2D eigenvalue weighted by Crippen LogP contribution is -2.55. The van der Waals surface area contributed by atoms with Gasteiger partial charge in [0.1, 0.15) is 17.4 Å². The van der Waals surface area contributed by atoms with Gasteiger partial charge in [-0.2, -0.15) is 0 Å². The molecule has 3 heterocycles. The van der Waals surface area contributed by atoms with E-state index in [1.807, 2.05) is 0 Å². The van der Waals surface area contributed by atoms with Crippen LogP contribution in [0.25, 0.3) is 0 Å². The first-order valence-corrected chi connectivity index (χ1v) is 6.20. The summed E-state index contributed by atoms with van der Waals surface area (Å²) >= 11 is 5.75. The standard InChI is InChI=1S/C12H13ClN2O3/c13-10-2-1-9(5-14-10)15-7-12(3-4-17-8-12)18-6-11(15)16/h1-2,5H,3-4,6-8H2. The van der Waals surface area contributed by atoms with E-state index in [0.717, 1.165) is 12.1 Å². The topological polar surface area (TPSA) is 51.7 Å². The van der Waals surface area contributed by atoms with E-state index in [0.29, 0.717) is 24.9 Å². The smallest absolute Gasteiger partial charge is 0.253 e. The number of carbonyl (C=O) groups is 1. The molecule has 0 radical (unpaired) electrons. The molecule has 5 nitrogen and oxygen atoms in total. The van der Waals surface area contributed by atoms with Crippen LogP contribution in [0.3, 0.4) is 0 Å². The van der Waals surface area contributed by atoms with Crippen molar-refractivity contribution in [2.45, 2.75) is 12.0 Å². The van der Waals surface area contributed by atoms with Crippen LogP contribution >= 0.6 is 11.6 Å². The Kier molecular flexibility index (Phi) is 2.97. The lowest BCUT2D eigenvalue weighted by Gasteiger charge is -2.38. The van der Waals surface area contributed by atoms with Gasteiger partial charge in [-0.15, -0.1) is 0 Å². The molecule has 0 aromatic carbocycles. The van der Waals surface area contributed by atoms with Gasteiger partial charge in [-0.1, -0.05) is 11.6 Å². The van der Waals surface area contributed by atoms with Gasteiger partial charge in [0, 0.05) is 13.0 Å². The van der Waals surface area contributed by atoms with Gasteiger partial charge in [0.2, 0.25) is 0 Å². The fourth-order valence-electron chi connectivity index (χ4n) is 2.30. The molecule has 2 saturated heterocycles. The van der Waals surface area contributed by atoms with Crippen LogP contribution in [0.2, 0.25) is 5.15 Å².